The molecule has 2 heterocycles. The van der Waals surface area contributed by atoms with Crippen molar-refractivity contribution in [2.75, 3.05) is 32.8 Å². The van der Waals surface area contributed by atoms with Crippen molar-refractivity contribution >= 4 is 5.91 Å². The summed E-state index contributed by atoms with van der Waals surface area (Å²) in [6, 6.07) is 11.9. The number of rotatable bonds is 5. The van der Waals surface area contributed by atoms with Crippen LogP contribution in [0.5, 0.6) is 5.75 Å². The van der Waals surface area contributed by atoms with Crippen molar-refractivity contribution in [3.63, 3.8) is 0 Å². The highest BCUT2D eigenvalue weighted by atomic mass is 16.5. The van der Waals surface area contributed by atoms with E-state index in [1.165, 1.54) is 10.5 Å². The predicted molar refractivity (Wildman–Crippen MR) is 92.2 cm³/mol. The molecule has 0 radical (unpaired) electrons. The van der Waals surface area contributed by atoms with Gasteiger partial charge in [-0.05, 0) is 43.3 Å². The SMILES string of the molecule is CCOc1ccc(C[NH+]2CCN(C(=O)c3ccncc3)CC2)cc1. The number of aromatic nitrogens is 1. The maximum Gasteiger partial charge on any atom is 0.254 e. The van der Waals surface area contributed by atoms with E-state index in [2.05, 4.69) is 17.1 Å². The van der Waals surface area contributed by atoms with Gasteiger partial charge in [-0.15, -0.1) is 0 Å². The van der Waals surface area contributed by atoms with Gasteiger partial charge in [0.25, 0.3) is 5.91 Å². The number of carbonyl (C=O) groups is 1. The third-order valence-corrected chi connectivity index (χ3v) is 4.37. The smallest absolute Gasteiger partial charge is 0.254 e. The molecule has 0 bridgehead atoms. The summed E-state index contributed by atoms with van der Waals surface area (Å²) in [4.78, 5) is 19.9. The fourth-order valence-electron chi connectivity index (χ4n) is 3.04. The second-order valence-corrected chi connectivity index (χ2v) is 6.03. The Labute approximate surface area is 142 Å². The lowest BCUT2D eigenvalue weighted by Crippen LogP contribution is -3.13. The summed E-state index contributed by atoms with van der Waals surface area (Å²) >= 11 is 0. The Bertz CT molecular complexity index is 650. The lowest BCUT2D eigenvalue weighted by atomic mass is 10.1. The molecule has 1 aliphatic rings. The molecule has 1 aliphatic heterocycles. The number of quaternary nitrogens is 1. The van der Waals surface area contributed by atoms with Gasteiger partial charge in [0.2, 0.25) is 0 Å². The van der Waals surface area contributed by atoms with E-state index >= 15 is 0 Å². The van der Waals surface area contributed by atoms with Gasteiger partial charge in [0.15, 0.2) is 0 Å². The molecule has 2 aromatic rings. The Hall–Kier alpha value is -2.40. The van der Waals surface area contributed by atoms with E-state index in [1.54, 1.807) is 24.5 Å². The van der Waals surface area contributed by atoms with Gasteiger partial charge in [-0.3, -0.25) is 9.78 Å². The van der Waals surface area contributed by atoms with Crippen LogP contribution in [0.3, 0.4) is 0 Å². The molecular weight excluding hydrogens is 302 g/mol. The van der Waals surface area contributed by atoms with Crippen LogP contribution in [0.25, 0.3) is 0 Å². The Kier molecular flexibility index (Phi) is 5.43. The van der Waals surface area contributed by atoms with E-state index in [0.29, 0.717) is 6.61 Å². The lowest BCUT2D eigenvalue weighted by molar-refractivity contribution is -0.917. The molecule has 0 atom stereocenters. The number of nitrogens with zero attached hydrogens (tertiary/aromatic N) is 2. The molecular formula is C19H24N3O2+. The number of hydrogen-bond acceptors (Lipinski definition) is 3. The standard InChI is InChI=1S/C19H23N3O2/c1-2-24-18-5-3-16(4-6-18)15-21-11-13-22(14-12-21)19(23)17-7-9-20-10-8-17/h3-10H,2,11-15H2,1H3/p+1. The second kappa shape index (κ2) is 7.93. The summed E-state index contributed by atoms with van der Waals surface area (Å²) in [5.74, 6) is 1.03. The van der Waals surface area contributed by atoms with E-state index in [4.69, 9.17) is 4.74 Å². The lowest BCUT2D eigenvalue weighted by Gasteiger charge is -2.32. The summed E-state index contributed by atoms with van der Waals surface area (Å²) in [7, 11) is 0. The number of hydrogen-bond donors (Lipinski definition) is 1. The fourth-order valence-corrected chi connectivity index (χ4v) is 3.04. The Morgan fingerprint density at radius 2 is 1.79 bits per heavy atom. The van der Waals surface area contributed by atoms with E-state index in [9.17, 15) is 4.79 Å². The van der Waals surface area contributed by atoms with Gasteiger partial charge in [-0.1, -0.05) is 0 Å². The number of piperazine rings is 1. The number of carbonyl (C=O) groups excluding carboxylic acids is 1. The van der Waals surface area contributed by atoms with Crippen LogP contribution in [-0.2, 0) is 6.54 Å². The first-order chi connectivity index (χ1) is 11.8. The molecule has 1 fully saturated rings. The number of ether oxygens (including phenoxy) is 1. The van der Waals surface area contributed by atoms with Crippen LogP contribution in [0.15, 0.2) is 48.8 Å². The van der Waals surface area contributed by atoms with Crippen molar-refractivity contribution in [1.29, 1.82) is 0 Å². The van der Waals surface area contributed by atoms with Crippen molar-refractivity contribution in [2.45, 2.75) is 13.5 Å². The number of benzene rings is 1. The summed E-state index contributed by atoms with van der Waals surface area (Å²) in [5, 5.41) is 0. The predicted octanol–water partition coefficient (Wildman–Crippen LogP) is 1.02. The van der Waals surface area contributed by atoms with Gasteiger partial charge in [-0.25, -0.2) is 0 Å². The molecule has 5 heteroatoms. The minimum absolute atomic E-state index is 0.109. The van der Waals surface area contributed by atoms with Crippen LogP contribution >= 0.6 is 0 Å². The summed E-state index contributed by atoms with van der Waals surface area (Å²) < 4.78 is 5.48. The third-order valence-electron chi connectivity index (χ3n) is 4.37. The molecule has 1 saturated heterocycles. The average Bonchev–Trinajstić information content (AvgIpc) is 2.64. The molecule has 0 aliphatic carbocycles. The zero-order valence-electron chi connectivity index (χ0n) is 14.1. The van der Waals surface area contributed by atoms with Crippen molar-refractivity contribution in [3.8, 4) is 5.75 Å². The molecule has 0 spiro atoms. The Morgan fingerprint density at radius 3 is 2.42 bits per heavy atom. The van der Waals surface area contributed by atoms with Gasteiger partial charge in [-0.2, -0.15) is 0 Å². The van der Waals surface area contributed by atoms with Crippen molar-refractivity contribution in [2.24, 2.45) is 0 Å². The molecule has 0 unspecified atom stereocenters. The normalized spacial score (nSPS) is 15.3. The maximum atomic E-state index is 12.4. The fraction of sp³-hybridized carbons (Fsp3) is 0.368. The van der Waals surface area contributed by atoms with Crippen LogP contribution in [-0.4, -0.2) is 48.6 Å². The first-order valence-electron chi connectivity index (χ1n) is 8.51. The van der Waals surface area contributed by atoms with Crippen LogP contribution in [0.4, 0.5) is 0 Å². The third kappa shape index (κ3) is 4.11. The highest BCUT2D eigenvalue weighted by Crippen LogP contribution is 2.11. The van der Waals surface area contributed by atoms with E-state index < -0.39 is 0 Å². The van der Waals surface area contributed by atoms with Gasteiger partial charge in [0.05, 0.1) is 32.8 Å². The maximum absolute atomic E-state index is 12.4. The number of pyridine rings is 1. The van der Waals surface area contributed by atoms with Crippen molar-refractivity contribution in [1.82, 2.24) is 9.88 Å². The minimum Gasteiger partial charge on any atom is -0.494 e. The van der Waals surface area contributed by atoms with Gasteiger partial charge < -0.3 is 14.5 Å². The van der Waals surface area contributed by atoms with Gasteiger partial charge in [0, 0.05) is 23.5 Å². The van der Waals surface area contributed by atoms with Crippen LogP contribution in [0.2, 0.25) is 0 Å². The molecule has 126 valence electrons. The topological polar surface area (TPSA) is 46.9 Å². The Balaban J connectivity index is 1.51. The summed E-state index contributed by atoms with van der Waals surface area (Å²) in [5.41, 5.74) is 2.03. The largest absolute Gasteiger partial charge is 0.494 e. The minimum atomic E-state index is 0.109. The zero-order valence-corrected chi connectivity index (χ0v) is 14.1. The molecule has 1 aromatic heterocycles. The molecule has 5 nitrogen and oxygen atoms in total. The summed E-state index contributed by atoms with van der Waals surface area (Å²) in [6.45, 7) is 7.22. The number of amides is 1. The average molecular weight is 326 g/mol. The highest BCUT2D eigenvalue weighted by Gasteiger charge is 2.24. The monoisotopic (exact) mass is 326 g/mol. The van der Waals surface area contributed by atoms with E-state index in [1.807, 2.05) is 24.0 Å². The Morgan fingerprint density at radius 1 is 1.12 bits per heavy atom. The van der Waals surface area contributed by atoms with E-state index in [-0.39, 0.29) is 5.91 Å². The van der Waals surface area contributed by atoms with Crippen LogP contribution < -0.4 is 9.64 Å². The van der Waals surface area contributed by atoms with Crippen LogP contribution in [0, 0.1) is 0 Å². The summed E-state index contributed by atoms with van der Waals surface area (Å²) in [6.07, 6.45) is 3.33. The first kappa shape index (κ1) is 16.5. The van der Waals surface area contributed by atoms with Crippen LogP contribution in [0.1, 0.15) is 22.8 Å². The second-order valence-electron chi connectivity index (χ2n) is 6.03. The molecule has 3 rings (SSSR count). The molecule has 24 heavy (non-hydrogen) atoms. The molecule has 1 amide bonds. The molecule has 1 N–H and O–H groups in total. The van der Waals surface area contributed by atoms with Crippen molar-refractivity contribution < 1.29 is 14.4 Å². The highest BCUT2D eigenvalue weighted by molar-refractivity contribution is 5.94. The zero-order chi connectivity index (χ0) is 16.8. The molecule has 0 saturated carbocycles. The number of nitrogens with one attached hydrogen (secondary N) is 1. The van der Waals surface area contributed by atoms with Crippen molar-refractivity contribution in [3.05, 3.63) is 59.9 Å². The molecule has 1 aromatic carbocycles. The van der Waals surface area contributed by atoms with Gasteiger partial charge >= 0.3 is 0 Å². The quantitative estimate of drug-likeness (QED) is 0.892. The van der Waals surface area contributed by atoms with Gasteiger partial charge in [0.1, 0.15) is 12.3 Å². The van der Waals surface area contributed by atoms with E-state index in [0.717, 1.165) is 44.0 Å². The first-order valence-corrected chi connectivity index (χ1v) is 8.51.